The Labute approximate surface area is 422 Å². The fourth-order valence-corrected chi connectivity index (χ4v) is 8.13. The maximum absolute atomic E-state index is 12.7. The molecule has 13 nitrogen and oxygen atoms in total. The SMILES string of the molecule is CCCCCCCCCCCCCCCCCCNC(=O)CN(CCN(CCN(CC(=O)[O-])CC(=O)NCCCCCCCCCCCCCCCCCC)CC(=O)[O-])CC(=O)[O-].[Gd+3]. The number of rotatable bonds is 50. The normalized spacial score (nSPS) is 11.3. The summed E-state index contributed by atoms with van der Waals surface area (Å²) in [6, 6.07) is 0. The summed E-state index contributed by atoms with van der Waals surface area (Å²) in [6.07, 6.45) is 40.3. The first kappa shape index (κ1) is 64.6. The van der Waals surface area contributed by atoms with E-state index in [4.69, 9.17) is 0 Å². The zero-order chi connectivity index (χ0) is 46.4. The van der Waals surface area contributed by atoms with Crippen molar-refractivity contribution in [3.8, 4) is 0 Å². The van der Waals surface area contributed by atoms with E-state index in [9.17, 15) is 39.3 Å². The van der Waals surface area contributed by atoms with E-state index < -0.39 is 37.5 Å². The molecule has 0 spiro atoms. The molecule has 2 amide bonds. The summed E-state index contributed by atoms with van der Waals surface area (Å²) in [5, 5.41) is 40.3. The molecule has 64 heavy (non-hydrogen) atoms. The zero-order valence-corrected chi connectivity index (χ0v) is 43.1. The van der Waals surface area contributed by atoms with Gasteiger partial charge in [0, 0.05) is 58.9 Å². The second-order valence-corrected chi connectivity index (χ2v) is 18.1. The average molecular weight is 1050 g/mol. The van der Waals surface area contributed by atoms with Gasteiger partial charge in [0.1, 0.15) is 0 Å². The molecular formula is C50H94GdN5O8. The molecule has 0 aromatic rings. The van der Waals surface area contributed by atoms with E-state index in [1.165, 1.54) is 182 Å². The number of carbonyl (C=O) groups excluding carboxylic acids is 5. The van der Waals surface area contributed by atoms with Gasteiger partial charge < -0.3 is 40.3 Å². The van der Waals surface area contributed by atoms with Crippen molar-refractivity contribution in [1.82, 2.24) is 25.3 Å². The van der Waals surface area contributed by atoms with Gasteiger partial charge in [0.2, 0.25) is 11.8 Å². The summed E-state index contributed by atoms with van der Waals surface area (Å²) in [5.74, 6) is -4.74. The molecule has 0 atom stereocenters. The first-order valence-corrected chi connectivity index (χ1v) is 25.9. The second-order valence-electron chi connectivity index (χ2n) is 18.1. The molecule has 2 N–H and O–H groups in total. The topological polar surface area (TPSA) is 188 Å². The van der Waals surface area contributed by atoms with Gasteiger partial charge in [0.25, 0.3) is 0 Å². The molecule has 0 rings (SSSR count). The van der Waals surface area contributed by atoms with Crippen LogP contribution in [0.15, 0.2) is 0 Å². The van der Waals surface area contributed by atoms with Crippen LogP contribution in [-0.4, -0.2) is 116 Å². The van der Waals surface area contributed by atoms with Gasteiger partial charge in [0.15, 0.2) is 0 Å². The van der Waals surface area contributed by atoms with Gasteiger partial charge in [-0.2, -0.15) is 0 Å². The van der Waals surface area contributed by atoms with E-state index in [2.05, 4.69) is 24.5 Å². The summed E-state index contributed by atoms with van der Waals surface area (Å²) >= 11 is 0. The summed E-state index contributed by atoms with van der Waals surface area (Å²) in [6.45, 7) is 3.83. The molecule has 0 saturated carbocycles. The van der Waals surface area contributed by atoms with Gasteiger partial charge in [-0.3, -0.25) is 24.3 Å². The Balaban J connectivity index is 0. The number of hydrogen-bond acceptors (Lipinski definition) is 11. The Morgan fingerprint density at radius 1 is 0.312 bits per heavy atom. The number of nitrogens with zero attached hydrogens (tertiary/aromatic N) is 3. The molecule has 14 heteroatoms. The molecule has 0 aromatic carbocycles. The summed E-state index contributed by atoms with van der Waals surface area (Å²) in [7, 11) is 0. The second kappa shape index (κ2) is 49.5. The van der Waals surface area contributed by atoms with Crippen LogP contribution in [-0.2, 0) is 24.0 Å². The number of carbonyl (C=O) groups is 5. The third-order valence-corrected chi connectivity index (χ3v) is 12.0. The van der Waals surface area contributed by atoms with Crippen LogP contribution in [0.1, 0.15) is 219 Å². The van der Waals surface area contributed by atoms with Crippen molar-refractivity contribution in [3.05, 3.63) is 0 Å². The molecule has 0 aromatic heterocycles. The number of carboxylic acid groups (broad SMARTS) is 3. The first-order chi connectivity index (χ1) is 30.6. The van der Waals surface area contributed by atoms with Gasteiger partial charge in [0.05, 0.1) is 31.0 Å². The minimum Gasteiger partial charge on any atom is -0.549 e. The van der Waals surface area contributed by atoms with Crippen molar-refractivity contribution in [2.24, 2.45) is 0 Å². The van der Waals surface area contributed by atoms with Gasteiger partial charge >= 0.3 is 39.9 Å². The van der Waals surface area contributed by atoms with Crippen LogP contribution >= 0.6 is 0 Å². The third kappa shape index (κ3) is 48.5. The molecule has 0 unspecified atom stereocenters. The number of amides is 2. The standard InChI is InChI=1S/C50H97N5O8.Gd/c1-3-5-7-9-11-13-15-17-19-21-23-25-27-29-31-33-35-51-46(56)41-54(44-49(60)61)39-37-53(43-48(58)59)38-40-55(45-50(62)63)42-47(57)52-36-34-32-30-28-26-24-22-20-18-16-14-12-10-8-6-4-2;/h3-45H2,1-2H3,(H,51,56)(H,52,57)(H,58,59)(H,60,61)(H,62,63);/q;+3/p-3. The minimum absolute atomic E-state index is 0. The van der Waals surface area contributed by atoms with E-state index in [0.717, 1.165) is 38.5 Å². The van der Waals surface area contributed by atoms with Crippen LogP contribution < -0.4 is 26.0 Å². The van der Waals surface area contributed by atoms with Crippen LogP contribution in [0.25, 0.3) is 0 Å². The van der Waals surface area contributed by atoms with Crippen LogP contribution in [0, 0.1) is 39.9 Å². The van der Waals surface area contributed by atoms with Crippen LogP contribution in [0.2, 0.25) is 0 Å². The van der Waals surface area contributed by atoms with E-state index in [1.54, 1.807) is 0 Å². The minimum atomic E-state index is -1.36. The van der Waals surface area contributed by atoms with Crippen molar-refractivity contribution < 1.29 is 79.2 Å². The monoisotopic (exact) mass is 1050 g/mol. The number of hydrogen-bond donors (Lipinski definition) is 2. The van der Waals surface area contributed by atoms with E-state index in [-0.39, 0.29) is 91.0 Å². The van der Waals surface area contributed by atoms with Crippen molar-refractivity contribution >= 4 is 29.7 Å². The molecule has 0 aliphatic heterocycles. The molecule has 375 valence electrons. The number of aliphatic carboxylic acids is 3. The quantitative estimate of drug-likeness (QED) is 0.0692. The van der Waals surface area contributed by atoms with Crippen LogP contribution in [0.3, 0.4) is 0 Å². The van der Waals surface area contributed by atoms with Crippen molar-refractivity contribution in [2.45, 2.75) is 219 Å². The third-order valence-electron chi connectivity index (χ3n) is 12.0. The van der Waals surface area contributed by atoms with E-state index in [1.807, 2.05) is 0 Å². The van der Waals surface area contributed by atoms with Gasteiger partial charge in [-0.05, 0) is 12.8 Å². The predicted molar refractivity (Wildman–Crippen MR) is 249 cm³/mol. The summed E-state index contributed by atoms with van der Waals surface area (Å²) < 4.78 is 0. The van der Waals surface area contributed by atoms with Crippen LogP contribution in [0.4, 0.5) is 0 Å². The molecule has 0 aliphatic carbocycles. The smallest absolute Gasteiger partial charge is 0.549 e. The molecule has 0 aliphatic rings. The maximum atomic E-state index is 12.7. The largest absolute Gasteiger partial charge is 3.00 e. The molecule has 0 saturated heterocycles. The van der Waals surface area contributed by atoms with Gasteiger partial charge in [-0.1, -0.05) is 206 Å². The molecule has 0 heterocycles. The fourth-order valence-electron chi connectivity index (χ4n) is 8.13. The number of carboxylic acids is 3. The molecule has 0 bridgehead atoms. The van der Waals surface area contributed by atoms with E-state index >= 15 is 0 Å². The summed E-state index contributed by atoms with van der Waals surface area (Å²) in [5.41, 5.74) is 0. The molecular weight excluding hydrogens is 956 g/mol. The van der Waals surface area contributed by atoms with Gasteiger partial charge in [-0.25, -0.2) is 0 Å². The Bertz CT molecular complexity index is 1040. The number of nitrogens with one attached hydrogen (secondary N) is 2. The zero-order valence-electron chi connectivity index (χ0n) is 40.9. The molecule has 1 radical (unpaired) electrons. The fraction of sp³-hybridized carbons (Fsp3) is 0.900. The number of unbranched alkanes of at least 4 members (excludes halogenated alkanes) is 30. The Hall–Kier alpha value is -1.45. The van der Waals surface area contributed by atoms with Crippen molar-refractivity contribution in [1.29, 1.82) is 0 Å². The maximum Gasteiger partial charge on any atom is 3.00 e. The first-order valence-electron chi connectivity index (χ1n) is 25.9. The van der Waals surface area contributed by atoms with Crippen LogP contribution in [0.5, 0.6) is 0 Å². The Morgan fingerprint density at radius 2 is 0.516 bits per heavy atom. The predicted octanol–water partition coefficient (Wildman–Crippen LogP) is 5.90. The Kier molecular flexibility index (Phi) is 50.0. The molecule has 0 fully saturated rings. The van der Waals surface area contributed by atoms with Crippen molar-refractivity contribution in [3.63, 3.8) is 0 Å². The van der Waals surface area contributed by atoms with Crippen molar-refractivity contribution in [2.75, 3.05) is 72.0 Å². The Morgan fingerprint density at radius 3 is 0.750 bits per heavy atom. The average Bonchev–Trinajstić information content (AvgIpc) is 3.23. The summed E-state index contributed by atoms with van der Waals surface area (Å²) in [4.78, 5) is 64.1. The van der Waals surface area contributed by atoms with Gasteiger partial charge in [-0.15, -0.1) is 0 Å². The van der Waals surface area contributed by atoms with E-state index in [0.29, 0.717) is 13.1 Å².